The molecule has 0 amide bonds. The van der Waals surface area contributed by atoms with Crippen molar-refractivity contribution < 1.29 is 0 Å². The van der Waals surface area contributed by atoms with E-state index in [1.807, 2.05) is 41.2 Å². The van der Waals surface area contributed by atoms with E-state index in [4.69, 9.17) is 0 Å². The summed E-state index contributed by atoms with van der Waals surface area (Å²) >= 11 is 0. The van der Waals surface area contributed by atoms with Gasteiger partial charge in [-0.1, -0.05) is 80.4 Å². The standard InChI is InChI=1S/C9H20.CH2S4/c1-3-5-7-9-8-6-4-2;1-2-4-5-3-1/h3-9H2,1-2H3;1H2. The Labute approximate surface area is 105 Å². The normalized spacial score (nSPS) is 15.0. The van der Waals surface area contributed by atoms with Crippen LogP contribution in [0.1, 0.15) is 58.8 Å². The van der Waals surface area contributed by atoms with Crippen LogP contribution in [-0.4, -0.2) is 5.08 Å². The SMILES string of the molecule is C1SSSS1.CCCCCCCCC. The Kier molecular flexibility index (Phi) is 15.8. The lowest BCUT2D eigenvalue weighted by atomic mass is 10.1. The fourth-order valence-electron chi connectivity index (χ4n) is 1.13. The molecule has 1 saturated heterocycles. The van der Waals surface area contributed by atoms with Crippen LogP contribution in [0, 0.1) is 0 Å². The number of unbranched alkanes of at least 4 members (excludes halogenated alkanes) is 6. The van der Waals surface area contributed by atoms with Crippen molar-refractivity contribution in [1.82, 2.24) is 0 Å². The molecule has 4 heteroatoms. The van der Waals surface area contributed by atoms with E-state index in [-0.39, 0.29) is 0 Å². The molecule has 0 aromatic carbocycles. The molecule has 0 nitrogen and oxygen atoms in total. The third-order valence-electron chi connectivity index (χ3n) is 1.93. The molecule has 0 aromatic heterocycles. The molecule has 0 aliphatic carbocycles. The number of hydrogen-bond donors (Lipinski definition) is 0. The summed E-state index contributed by atoms with van der Waals surface area (Å²) in [6.07, 6.45) is 9.97. The van der Waals surface area contributed by atoms with Crippen molar-refractivity contribution in [2.45, 2.75) is 58.8 Å². The molecular formula is C10H22S4. The summed E-state index contributed by atoms with van der Waals surface area (Å²) in [7, 11) is 7.57. The van der Waals surface area contributed by atoms with Gasteiger partial charge in [0.1, 0.15) is 0 Å². The van der Waals surface area contributed by atoms with Gasteiger partial charge in [-0.25, -0.2) is 0 Å². The molecule has 1 aliphatic rings. The monoisotopic (exact) mass is 270 g/mol. The molecule has 1 aliphatic heterocycles. The molecule has 0 aromatic rings. The molecule has 0 spiro atoms. The van der Waals surface area contributed by atoms with Crippen molar-refractivity contribution in [3.63, 3.8) is 0 Å². The van der Waals surface area contributed by atoms with E-state index in [1.165, 1.54) is 50.0 Å². The van der Waals surface area contributed by atoms with Crippen molar-refractivity contribution >= 4 is 41.2 Å². The molecule has 0 atom stereocenters. The van der Waals surface area contributed by atoms with Crippen LogP contribution in [-0.2, 0) is 0 Å². The van der Waals surface area contributed by atoms with E-state index in [0.717, 1.165) is 0 Å². The van der Waals surface area contributed by atoms with Gasteiger partial charge in [0.15, 0.2) is 0 Å². The summed E-state index contributed by atoms with van der Waals surface area (Å²) in [5.74, 6) is 0. The zero-order valence-corrected chi connectivity index (χ0v) is 12.6. The lowest BCUT2D eigenvalue weighted by Gasteiger charge is -1.96. The lowest BCUT2D eigenvalue weighted by molar-refractivity contribution is 0.602. The third-order valence-corrected chi connectivity index (χ3v) is 9.15. The van der Waals surface area contributed by atoms with Crippen LogP contribution in [0.4, 0.5) is 0 Å². The molecule has 0 N–H and O–H groups in total. The third kappa shape index (κ3) is 13.4. The Bertz CT molecular complexity index is 80.5. The van der Waals surface area contributed by atoms with Crippen LogP contribution < -0.4 is 0 Å². The summed E-state index contributed by atoms with van der Waals surface area (Å²) < 4.78 is 0. The second kappa shape index (κ2) is 14.4. The van der Waals surface area contributed by atoms with Crippen molar-refractivity contribution in [2.75, 3.05) is 5.08 Å². The first-order valence-electron chi connectivity index (χ1n) is 5.49. The molecule has 14 heavy (non-hydrogen) atoms. The van der Waals surface area contributed by atoms with Gasteiger partial charge in [0.05, 0.1) is 5.08 Å². The summed E-state index contributed by atoms with van der Waals surface area (Å²) in [4.78, 5) is 0. The largest absolute Gasteiger partial charge is 0.0698 e. The van der Waals surface area contributed by atoms with Crippen LogP contribution >= 0.6 is 41.2 Å². The minimum absolute atomic E-state index is 1.26. The summed E-state index contributed by atoms with van der Waals surface area (Å²) in [5, 5.41) is 1.26. The minimum Gasteiger partial charge on any atom is -0.0698 e. The van der Waals surface area contributed by atoms with Gasteiger partial charge in [0.25, 0.3) is 0 Å². The molecular weight excluding hydrogens is 248 g/mol. The van der Waals surface area contributed by atoms with Crippen molar-refractivity contribution in [3.8, 4) is 0 Å². The van der Waals surface area contributed by atoms with Crippen molar-refractivity contribution in [2.24, 2.45) is 0 Å². The van der Waals surface area contributed by atoms with E-state index >= 15 is 0 Å². The molecule has 1 rings (SSSR count). The molecule has 0 unspecified atom stereocenters. The topological polar surface area (TPSA) is 0 Å². The number of hydrogen-bond acceptors (Lipinski definition) is 4. The fraction of sp³-hybridized carbons (Fsp3) is 1.00. The summed E-state index contributed by atoms with van der Waals surface area (Å²) in [6.45, 7) is 4.53. The van der Waals surface area contributed by atoms with Crippen molar-refractivity contribution in [3.05, 3.63) is 0 Å². The fourth-order valence-corrected chi connectivity index (χ4v) is 8.99. The average Bonchev–Trinajstić information content (AvgIpc) is 2.76. The van der Waals surface area contributed by atoms with Gasteiger partial charge in [0, 0.05) is 0 Å². The lowest BCUT2D eigenvalue weighted by Crippen LogP contribution is -1.76. The highest BCUT2D eigenvalue weighted by molar-refractivity contribution is 9.30. The summed E-state index contributed by atoms with van der Waals surface area (Å²) in [5.41, 5.74) is 0. The maximum absolute atomic E-state index is 2.26. The van der Waals surface area contributed by atoms with E-state index in [9.17, 15) is 0 Å². The van der Waals surface area contributed by atoms with E-state index in [2.05, 4.69) is 13.8 Å². The molecule has 0 radical (unpaired) electrons. The quantitative estimate of drug-likeness (QED) is 0.405. The Morgan fingerprint density at radius 1 is 0.714 bits per heavy atom. The second-order valence-electron chi connectivity index (χ2n) is 3.26. The number of rotatable bonds is 6. The first kappa shape index (κ1) is 15.4. The Morgan fingerprint density at radius 2 is 1.14 bits per heavy atom. The van der Waals surface area contributed by atoms with Gasteiger partial charge in [-0.2, -0.15) is 0 Å². The van der Waals surface area contributed by atoms with Crippen LogP contribution in [0.15, 0.2) is 0 Å². The molecule has 1 heterocycles. The molecule has 1 fully saturated rings. The van der Waals surface area contributed by atoms with Gasteiger partial charge < -0.3 is 0 Å². The first-order valence-corrected chi connectivity index (χ1v) is 10.6. The van der Waals surface area contributed by atoms with Crippen LogP contribution in [0.5, 0.6) is 0 Å². The van der Waals surface area contributed by atoms with Gasteiger partial charge in [0.2, 0.25) is 0 Å². The van der Waals surface area contributed by atoms with E-state index in [0.29, 0.717) is 0 Å². The highest BCUT2D eigenvalue weighted by Crippen LogP contribution is 2.53. The van der Waals surface area contributed by atoms with Crippen LogP contribution in [0.3, 0.4) is 0 Å². The smallest absolute Gasteiger partial charge is 0.0616 e. The zero-order valence-electron chi connectivity index (χ0n) is 9.29. The highest BCUT2D eigenvalue weighted by atomic mass is 33.7. The maximum atomic E-state index is 2.26. The maximum Gasteiger partial charge on any atom is 0.0616 e. The summed E-state index contributed by atoms with van der Waals surface area (Å²) in [6, 6.07) is 0. The van der Waals surface area contributed by atoms with E-state index in [1.54, 1.807) is 0 Å². The average molecular weight is 271 g/mol. The highest BCUT2D eigenvalue weighted by Gasteiger charge is 1.98. The van der Waals surface area contributed by atoms with Gasteiger partial charge in [-0.3, -0.25) is 0 Å². The van der Waals surface area contributed by atoms with Gasteiger partial charge in [-0.15, -0.1) is 0 Å². The predicted molar refractivity (Wildman–Crippen MR) is 78.9 cm³/mol. The molecule has 0 saturated carbocycles. The first-order chi connectivity index (χ1) is 6.91. The van der Waals surface area contributed by atoms with E-state index < -0.39 is 0 Å². The zero-order chi connectivity index (χ0) is 10.5. The van der Waals surface area contributed by atoms with Gasteiger partial charge in [-0.05, 0) is 19.7 Å². The Hall–Kier alpha value is 1.40. The van der Waals surface area contributed by atoms with Crippen molar-refractivity contribution in [1.29, 1.82) is 0 Å². The molecule has 0 bridgehead atoms. The Morgan fingerprint density at radius 3 is 1.43 bits per heavy atom. The molecule has 86 valence electrons. The van der Waals surface area contributed by atoms with Crippen LogP contribution in [0.25, 0.3) is 0 Å². The van der Waals surface area contributed by atoms with Crippen LogP contribution in [0.2, 0.25) is 0 Å². The minimum atomic E-state index is 1.26. The second-order valence-corrected chi connectivity index (χ2v) is 9.62. The Balaban J connectivity index is 0.000000280. The van der Waals surface area contributed by atoms with Gasteiger partial charge >= 0.3 is 0 Å². The predicted octanol–water partition coefficient (Wildman–Crippen LogP) is 6.39.